The van der Waals surface area contributed by atoms with E-state index in [-0.39, 0.29) is 29.6 Å². The van der Waals surface area contributed by atoms with Gasteiger partial charge >= 0.3 is 0 Å². The number of nitrogens with zero attached hydrogens (tertiary/aromatic N) is 12. The number of hydrogen-bond donors (Lipinski definition) is 3. The molecule has 3 N–H and O–H groups in total. The minimum absolute atomic E-state index is 0.0370. The number of aliphatic imine (C=N–C) groups is 1. The summed E-state index contributed by atoms with van der Waals surface area (Å²) in [6.45, 7) is 2.23. The molecule has 0 bridgehead atoms. The number of aromatic nitrogens is 7. The Morgan fingerprint density at radius 2 is 2.12 bits per heavy atom. The van der Waals surface area contributed by atoms with Crippen LogP contribution in [0.2, 0.25) is 0 Å². The summed E-state index contributed by atoms with van der Waals surface area (Å²) < 4.78 is 0. The number of anilines is 3. The van der Waals surface area contributed by atoms with Crippen molar-refractivity contribution >= 4 is 23.8 Å². The zero-order valence-corrected chi connectivity index (χ0v) is 12.6. The number of azide groups is 1. The number of nitriles is 1. The molecular weight excluding hydrogens is 318 g/mol. The van der Waals surface area contributed by atoms with Gasteiger partial charge in [-0.05, 0) is 17.6 Å². The van der Waals surface area contributed by atoms with Crippen molar-refractivity contribution in [2.24, 2.45) is 10.1 Å². The topological polar surface area (TPSA) is 205 Å². The van der Waals surface area contributed by atoms with Gasteiger partial charge in [-0.1, -0.05) is 0 Å². The molecule has 0 atom stereocenters. The Morgan fingerprint density at radius 3 is 2.67 bits per heavy atom. The fourth-order valence-electron chi connectivity index (χ4n) is 1.40. The molecule has 15 heteroatoms. The van der Waals surface area contributed by atoms with Gasteiger partial charge in [0.2, 0.25) is 17.7 Å². The van der Waals surface area contributed by atoms with E-state index in [9.17, 15) is 0 Å². The molecule has 0 aromatic carbocycles. The Morgan fingerprint density at radius 1 is 1.38 bits per heavy atom. The number of hydrazine groups is 1. The van der Waals surface area contributed by atoms with Crippen molar-refractivity contribution in [3.8, 4) is 6.07 Å². The quantitative estimate of drug-likeness (QED) is 0.162. The Kier molecular flexibility index (Phi) is 5.32. The highest BCUT2D eigenvalue weighted by Crippen LogP contribution is 2.06. The Hall–Kier alpha value is -4.05. The van der Waals surface area contributed by atoms with E-state index in [1.165, 1.54) is 12.1 Å². The predicted octanol–water partition coefficient (Wildman–Crippen LogP) is -0.373. The standard InChI is InChI=1S/C9H11N15/c1-3-24(22-6(12-2)19-23-11)9-20-17-8(18-21-9)14-7-13-5(4-10)15-16-7/h3H2,1-2H3,(H,12,22)(H2,13,14,15,16,17,18). The van der Waals surface area contributed by atoms with Crippen LogP contribution in [0, 0.1) is 11.3 Å². The van der Waals surface area contributed by atoms with Crippen LogP contribution < -0.4 is 15.8 Å². The number of aromatic amines is 1. The van der Waals surface area contributed by atoms with E-state index in [2.05, 4.69) is 61.3 Å². The predicted molar refractivity (Wildman–Crippen MR) is 80.7 cm³/mol. The molecule has 2 aromatic rings. The van der Waals surface area contributed by atoms with Crippen LogP contribution in [0.5, 0.6) is 0 Å². The first-order valence-electron chi connectivity index (χ1n) is 6.43. The van der Waals surface area contributed by atoms with Gasteiger partial charge in [0.05, 0.1) is 0 Å². The second-order valence-corrected chi connectivity index (χ2v) is 3.86. The first kappa shape index (κ1) is 16.3. The van der Waals surface area contributed by atoms with Gasteiger partial charge in [-0.3, -0.25) is 20.7 Å². The van der Waals surface area contributed by atoms with Gasteiger partial charge in [0, 0.05) is 18.5 Å². The largest absolute Gasteiger partial charge is 0.289 e. The molecule has 0 fully saturated rings. The lowest BCUT2D eigenvalue weighted by atomic mass is 10.7. The molecule has 0 amide bonds. The van der Waals surface area contributed by atoms with Crippen molar-refractivity contribution in [1.29, 1.82) is 5.26 Å². The first-order valence-corrected chi connectivity index (χ1v) is 6.43. The highest BCUT2D eigenvalue weighted by molar-refractivity contribution is 5.81. The zero-order chi connectivity index (χ0) is 17.4. The van der Waals surface area contributed by atoms with Gasteiger partial charge in [0.25, 0.3) is 11.9 Å². The fraction of sp³-hybridized carbons (Fsp3) is 0.333. The lowest BCUT2D eigenvalue weighted by Crippen LogP contribution is -2.42. The highest BCUT2D eigenvalue weighted by Gasteiger charge is 2.12. The average molecular weight is 329 g/mol. The molecule has 2 heterocycles. The lowest BCUT2D eigenvalue weighted by molar-refractivity contribution is 0.712. The molecule has 0 unspecified atom stereocenters. The normalized spacial score (nSPS) is 10.5. The lowest BCUT2D eigenvalue weighted by Gasteiger charge is -2.20. The van der Waals surface area contributed by atoms with Crippen LogP contribution in [-0.4, -0.2) is 55.1 Å². The summed E-state index contributed by atoms with van der Waals surface area (Å²) >= 11 is 0. The Bertz CT molecular complexity index is 791. The number of nitrogens with one attached hydrogen (secondary N) is 3. The van der Waals surface area contributed by atoms with E-state index in [1.807, 2.05) is 6.92 Å². The third-order valence-electron chi connectivity index (χ3n) is 2.43. The second kappa shape index (κ2) is 7.82. The molecule has 122 valence electrons. The van der Waals surface area contributed by atoms with Gasteiger partial charge < -0.3 is 0 Å². The van der Waals surface area contributed by atoms with Crippen molar-refractivity contribution in [3.05, 3.63) is 16.3 Å². The van der Waals surface area contributed by atoms with Crippen LogP contribution in [0.25, 0.3) is 10.4 Å². The van der Waals surface area contributed by atoms with Crippen molar-refractivity contribution in [3.63, 3.8) is 0 Å². The SMILES string of the molecule is CCN(NC(N=[N+]=[N-])=NC)c1nnc(Nc2n[nH]c(C#N)n2)nn1. The molecular formula is C9H11N15. The van der Waals surface area contributed by atoms with E-state index < -0.39 is 0 Å². The third-order valence-corrected chi connectivity index (χ3v) is 2.43. The van der Waals surface area contributed by atoms with E-state index >= 15 is 0 Å². The molecule has 0 aliphatic rings. The molecule has 2 aromatic heterocycles. The molecule has 0 spiro atoms. The van der Waals surface area contributed by atoms with Gasteiger partial charge in [-0.15, -0.1) is 25.5 Å². The number of rotatable bonds is 5. The van der Waals surface area contributed by atoms with Crippen LogP contribution in [0.3, 0.4) is 0 Å². The Labute approximate surface area is 134 Å². The molecule has 0 aliphatic carbocycles. The van der Waals surface area contributed by atoms with Crippen LogP contribution in [0.4, 0.5) is 17.8 Å². The summed E-state index contributed by atoms with van der Waals surface area (Å²) in [5, 5.41) is 37.6. The first-order chi connectivity index (χ1) is 11.7. The minimum atomic E-state index is 0.0370. The van der Waals surface area contributed by atoms with Crippen molar-refractivity contribution in [1.82, 2.24) is 41.0 Å². The number of hydrogen-bond acceptors (Lipinski definition) is 10. The number of guanidine groups is 1. The molecule has 24 heavy (non-hydrogen) atoms. The van der Waals surface area contributed by atoms with E-state index in [0.717, 1.165) is 0 Å². The molecule has 0 radical (unpaired) electrons. The van der Waals surface area contributed by atoms with Crippen molar-refractivity contribution < 1.29 is 0 Å². The average Bonchev–Trinajstić information content (AvgIpc) is 3.07. The maximum absolute atomic E-state index is 8.65. The monoisotopic (exact) mass is 329 g/mol. The molecule has 0 saturated heterocycles. The zero-order valence-electron chi connectivity index (χ0n) is 12.6. The summed E-state index contributed by atoms with van der Waals surface area (Å²) in [4.78, 5) is 10.2. The van der Waals surface area contributed by atoms with Crippen LogP contribution in [0.15, 0.2) is 10.1 Å². The van der Waals surface area contributed by atoms with Crippen LogP contribution >= 0.6 is 0 Å². The van der Waals surface area contributed by atoms with Crippen LogP contribution in [0.1, 0.15) is 12.7 Å². The fourth-order valence-corrected chi connectivity index (χ4v) is 1.40. The summed E-state index contributed by atoms with van der Waals surface area (Å²) in [6.07, 6.45) is 0. The maximum Gasteiger partial charge on any atom is 0.283 e. The van der Waals surface area contributed by atoms with Crippen molar-refractivity contribution in [2.75, 3.05) is 23.9 Å². The Balaban J connectivity index is 2.09. The molecule has 15 nitrogen and oxygen atoms in total. The van der Waals surface area contributed by atoms with E-state index in [1.54, 1.807) is 6.07 Å². The third kappa shape index (κ3) is 3.99. The van der Waals surface area contributed by atoms with Gasteiger partial charge in [-0.2, -0.15) is 10.2 Å². The summed E-state index contributed by atoms with van der Waals surface area (Å²) in [5.74, 6) is 0.357. The van der Waals surface area contributed by atoms with Gasteiger partial charge in [0.15, 0.2) is 0 Å². The summed E-state index contributed by atoms with van der Waals surface area (Å²) in [7, 11) is 1.46. The van der Waals surface area contributed by atoms with Gasteiger partial charge in [0.1, 0.15) is 6.07 Å². The minimum Gasteiger partial charge on any atom is -0.289 e. The smallest absolute Gasteiger partial charge is 0.283 e. The molecule has 0 saturated carbocycles. The summed E-state index contributed by atoms with van der Waals surface area (Å²) in [6, 6.07) is 1.80. The highest BCUT2D eigenvalue weighted by atomic mass is 15.6. The summed E-state index contributed by atoms with van der Waals surface area (Å²) in [5.41, 5.74) is 11.2. The molecule has 0 aliphatic heterocycles. The van der Waals surface area contributed by atoms with Crippen LogP contribution in [-0.2, 0) is 0 Å². The van der Waals surface area contributed by atoms with Gasteiger partial charge in [-0.25, -0.2) is 5.10 Å². The maximum atomic E-state index is 8.65. The van der Waals surface area contributed by atoms with E-state index in [0.29, 0.717) is 6.54 Å². The van der Waals surface area contributed by atoms with Crippen molar-refractivity contribution in [2.45, 2.75) is 6.92 Å². The number of H-pyrrole nitrogens is 1. The van der Waals surface area contributed by atoms with E-state index in [4.69, 9.17) is 10.8 Å². The second-order valence-electron chi connectivity index (χ2n) is 3.86. The molecule has 2 rings (SSSR count).